The van der Waals surface area contributed by atoms with Gasteiger partial charge >= 0.3 is 6.03 Å². The smallest absolute Gasteiger partial charge is 0.322 e. The number of carbonyl (C=O) groups is 1. The van der Waals surface area contributed by atoms with Crippen LogP contribution in [0.3, 0.4) is 0 Å². The highest BCUT2D eigenvalue weighted by molar-refractivity contribution is 8.00. The van der Waals surface area contributed by atoms with E-state index >= 15 is 0 Å². The van der Waals surface area contributed by atoms with Crippen molar-refractivity contribution in [3.05, 3.63) is 11.9 Å². The normalized spacial score (nSPS) is 21.0. The Morgan fingerprint density at radius 1 is 1.35 bits per heavy atom. The lowest BCUT2D eigenvalue weighted by atomic mass is 9.87. The van der Waals surface area contributed by atoms with Crippen LogP contribution in [0.25, 0.3) is 0 Å². The van der Waals surface area contributed by atoms with Gasteiger partial charge in [0.1, 0.15) is 0 Å². The molecule has 1 aromatic rings. The summed E-state index contributed by atoms with van der Waals surface area (Å²) in [5.74, 6) is 1.35. The van der Waals surface area contributed by atoms with Crippen molar-refractivity contribution in [3.8, 4) is 0 Å². The maximum atomic E-state index is 12.7. The molecule has 1 aliphatic carbocycles. The minimum Gasteiger partial charge on any atom is -0.322 e. The van der Waals surface area contributed by atoms with Crippen molar-refractivity contribution in [2.75, 3.05) is 24.2 Å². The Labute approximate surface area is 143 Å². The molecule has 1 saturated heterocycles. The number of hydrogen-bond acceptors (Lipinski definition) is 3. The van der Waals surface area contributed by atoms with Crippen LogP contribution in [0.4, 0.5) is 10.5 Å². The van der Waals surface area contributed by atoms with Gasteiger partial charge in [0.25, 0.3) is 0 Å². The van der Waals surface area contributed by atoms with Crippen molar-refractivity contribution < 1.29 is 4.79 Å². The molecule has 2 aliphatic rings. The molecule has 6 heteroatoms. The number of amides is 2. The molecule has 2 amide bonds. The minimum atomic E-state index is 0.0325. The Morgan fingerprint density at radius 3 is 2.78 bits per heavy atom. The monoisotopic (exact) mass is 336 g/mol. The topological polar surface area (TPSA) is 50.2 Å². The second-order valence-electron chi connectivity index (χ2n) is 7.20. The van der Waals surface area contributed by atoms with Crippen molar-refractivity contribution in [2.45, 2.75) is 56.6 Å². The number of aryl methyl sites for hydroxylation is 1. The maximum absolute atomic E-state index is 12.7. The lowest BCUT2D eigenvalue weighted by Gasteiger charge is -2.44. The molecule has 23 heavy (non-hydrogen) atoms. The van der Waals surface area contributed by atoms with Gasteiger partial charge in [-0.15, -0.1) is 0 Å². The molecule has 0 aromatic carbocycles. The van der Waals surface area contributed by atoms with E-state index in [1.807, 2.05) is 18.1 Å². The first-order valence-electron chi connectivity index (χ1n) is 8.72. The molecule has 1 aromatic heterocycles. The van der Waals surface area contributed by atoms with Gasteiger partial charge in [-0.2, -0.15) is 16.9 Å². The number of thioether (sulfide) groups is 1. The molecule has 1 spiro atoms. The first-order valence-corrected chi connectivity index (χ1v) is 9.71. The molecule has 1 N–H and O–H groups in total. The van der Waals surface area contributed by atoms with Gasteiger partial charge in [-0.3, -0.25) is 4.68 Å². The van der Waals surface area contributed by atoms with E-state index in [9.17, 15) is 4.79 Å². The van der Waals surface area contributed by atoms with E-state index in [1.54, 1.807) is 4.68 Å². The fraction of sp³-hybridized carbons (Fsp3) is 0.765. The summed E-state index contributed by atoms with van der Waals surface area (Å²) in [6.07, 6.45) is 8.38. The number of anilines is 1. The Morgan fingerprint density at radius 2 is 2.09 bits per heavy atom. The van der Waals surface area contributed by atoms with Gasteiger partial charge in [-0.25, -0.2) is 4.79 Å². The predicted octanol–water partition coefficient (Wildman–Crippen LogP) is 3.83. The third-order valence-corrected chi connectivity index (χ3v) is 6.48. The van der Waals surface area contributed by atoms with Crippen LogP contribution in [0.1, 0.15) is 57.6 Å². The van der Waals surface area contributed by atoms with Crippen LogP contribution in [0, 0.1) is 0 Å². The summed E-state index contributed by atoms with van der Waals surface area (Å²) in [5, 5.41) is 7.57. The Kier molecular flexibility index (Phi) is 4.90. The number of hydrogen-bond donors (Lipinski definition) is 1. The average molecular weight is 337 g/mol. The van der Waals surface area contributed by atoms with Crippen molar-refractivity contribution in [1.29, 1.82) is 0 Å². The van der Waals surface area contributed by atoms with E-state index in [0.717, 1.165) is 30.2 Å². The van der Waals surface area contributed by atoms with Gasteiger partial charge < -0.3 is 10.2 Å². The molecule has 0 unspecified atom stereocenters. The first-order chi connectivity index (χ1) is 11.0. The first kappa shape index (κ1) is 16.7. The molecule has 2 heterocycles. The van der Waals surface area contributed by atoms with Crippen LogP contribution in [0.2, 0.25) is 0 Å². The van der Waals surface area contributed by atoms with E-state index < -0.39 is 0 Å². The molecule has 3 rings (SSSR count). The van der Waals surface area contributed by atoms with Crippen LogP contribution >= 0.6 is 11.8 Å². The molecular weight excluding hydrogens is 308 g/mol. The lowest BCUT2D eigenvalue weighted by molar-refractivity contribution is 0.198. The minimum absolute atomic E-state index is 0.0325. The molecule has 5 nitrogen and oxygen atoms in total. The highest BCUT2D eigenvalue weighted by Gasteiger charge is 2.38. The molecule has 0 atom stereocenters. The van der Waals surface area contributed by atoms with Gasteiger partial charge in [0.15, 0.2) is 0 Å². The van der Waals surface area contributed by atoms with Crippen LogP contribution < -0.4 is 5.32 Å². The van der Waals surface area contributed by atoms with Crippen LogP contribution in [-0.4, -0.2) is 44.3 Å². The highest BCUT2D eigenvalue weighted by atomic mass is 32.2. The zero-order valence-corrected chi connectivity index (χ0v) is 15.3. The van der Waals surface area contributed by atoms with E-state index in [-0.39, 0.29) is 6.03 Å². The molecule has 128 valence electrons. The van der Waals surface area contributed by atoms with E-state index in [4.69, 9.17) is 0 Å². The third kappa shape index (κ3) is 3.67. The van der Waals surface area contributed by atoms with Gasteiger partial charge in [-0.1, -0.05) is 33.1 Å². The van der Waals surface area contributed by atoms with Crippen molar-refractivity contribution in [1.82, 2.24) is 14.7 Å². The third-order valence-electron chi connectivity index (χ3n) is 4.95. The summed E-state index contributed by atoms with van der Waals surface area (Å²) in [6.45, 7) is 5.94. The number of aromatic nitrogens is 2. The summed E-state index contributed by atoms with van der Waals surface area (Å²) in [5.41, 5.74) is 1.81. The molecule has 1 aliphatic heterocycles. The van der Waals surface area contributed by atoms with Crippen LogP contribution in [0.5, 0.6) is 0 Å². The average Bonchev–Trinajstić information content (AvgIpc) is 2.89. The second-order valence-corrected chi connectivity index (χ2v) is 8.76. The van der Waals surface area contributed by atoms with Gasteiger partial charge in [0, 0.05) is 36.8 Å². The SMILES string of the molecule is CC(C)c1nn(C)cc1NC(=O)N1CCSC2(CCCCC2)C1. The zero-order chi connectivity index (χ0) is 16.4. The number of rotatable bonds is 2. The molecule has 0 radical (unpaired) electrons. The second kappa shape index (κ2) is 6.75. The summed E-state index contributed by atoms with van der Waals surface area (Å²) >= 11 is 2.09. The highest BCUT2D eigenvalue weighted by Crippen LogP contribution is 2.42. The molecule has 1 saturated carbocycles. The number of urea groups is 1. The summed E-state index contributed by atoms with van der Waals surface area (Å²) in [4.78, 5) is 14.8. The Hall–Kier alpha value is -1.17. The summed E-state index contributed by atoms with van der Waals surface area (Å²) < 4.78 is 2.09. The number of nitrogens with zero attached hydrogens (tertiary/aromatic N) is 3. The van der Waals surface area contributed by atoms with Crippen molar-refractivity contribution >= 4 is 23.5 Å². The van der Waals surface area contributed by atoms with Gasteiger partial charge in [0.05, 0.1) is 11.4 Å². The van der Waals surface area contributed by atoms with E-state index in [0.29, 0.717) is 10.7 Å². The fourth-order valence-electron chi connectivity index (χ4n) is 3.74. The Bertz CT molecular complexity index is 557. The molecule has 2 fully saturated rings. The van der Waals surface area contributed by atoms with Gasteiger partial charge in [-0.05, 0) is 18.8 Å². The van der Waals surface area contributed by atoms with E-state index in [1.165, 1.54) is 32.1 Å². The molecular formula is C17H28N4OS. The zero-order valence-electron chi connectivity index (χ0n) is 14.5. The fourth-order valence-corrected chi connectivity index (χ4v) is 5.31. The largest absolute Gasteiger partial charge is 0.322 e. The van der Waals surface area contributed by atoms with E-state index in [2.05, 4.69) is 36.0 Å². The number of nitrogens with one attached hydrogen (secondary N) is 1. The van der Waals surface area contributed by atoms with Crippen LogP contribution in [0.15, 0.2) is 6.20 Å². The number of carbonyl (C=O) groups excluding carboxylic acids is 1. The van der Waals surface area contributed by atoms with Crippen molar-refractivity contribution in [2.24, 2.45) is 7.05 Å². The Balaban J connectivity index is 1.68. The van der Waals surface area contributed by atoms with Crippen molar-refractivity contribution in [3.63, 3.8) is 0 Å². The summed E-state index contributed by atoms with van der Waals surface area (Å²) in [7, 11) is 1.90. The van der Waals surface area contributed by atoms with Crippen LogP contribution in [-0.2, 0) is 7.05 Å². The lowest BCUT2D eigenvalue weighted by Crippen LogP contribution is -2.51. The predicted molar refractivity (Wildman–Crippen MR) is 96.2 cm³/mol. The quantitative estimate of drug-likeness (QED) is 0.893. The van der Waals surface area contributed by atoms with Gasteiger partial charge in [0.2, 0.25) is 0 Å². The molecule has 0 bridgehead atoms. The standard InChI is InChI=1S/C17H28N4OS/c1-13(2)15-14(11-20(3)19-15)18-16(22)21-9-10-23-17(12-21)7-5-4-6-8-17/h11,13H,4-10,12H2,1-3H3,(H,18,22). The summed E-state index contributed by atoms with van der Waals surface area (Å²) in [6, 6.07) is 0.0325. The maximum Gasteiger partial charge on any atom is 0.322 e.